The number of rotatable bonds is 6. The molecular formula is C13H18O4. The molecular weight excluding hydrogens is 220 g/mol. The molecule has 0 bridgehead atoms. The highest BCUT2D eigenvalue weighted by Gasteiger charge is 2.23. The standard InChI is InChI=1S/C13H18O4/c1-3-11(14)9-4-5-12(13(6-9)15-2)17-8-10-7-16-10/h4-6,10-11,14H,3,7-8H2,1-2H3/t10-,11+/m0/s1. The highest BCUT2D eigenvalue weighted by atomic mass is 16.6. The van der Waals surface area contributed by atoms with E-state index in [2.05, 4.69) is 0 Å². The van der Waals surface area contributed by atoms with Crippen LogP contribution in [0.5, 0.6) is 11.5 Å². The van der Waals surface area contributed by atoms with Crippen molar-refractivity contribution in [3.63, 3.8) is 0 Å². The Labute approximate surface area is 101 Å². The molecule has 1 aliphatic rings. The lowest BCUT2D eigenvalue weighted by molar-refractivity contribution is 0.173. The molecule has 4 heteroatoms. The van der Waals surface area contributed by atoms with Crippen LogP contribution in [0.4, 0.5) is 0 Å². The quantitative estimate of drug-likeness (QED) is 0.769. The second-order valence-corrected chi connectivity index (χ2v) is 4.10. The van der Waals surface area contributed by atoms with E-state index in [1.165, 1.54) is 0 Å². The first-order valence-electron chi connectivity index (χ1n) is 5.85. The van der Waals surface area contributed by atoms with Gasteiger partial charge in [0.15, 0.2) is 11.5 Å². The summed E-state index contributed by atoms with van der Waals surface area (Å²) in [6.07, 6.45) is 0.449. The van der Waals surface area contributed by atoms with Crippen molar-refractivity contribution in [3.8, 4) is 11.5 Å². The summed E-state index contributed by atoms with van der Waals surface area (Å²) in [5.41, 5.74) is 0.847. The van der Waals surface area contributed by atoms with Crippen molar-refractivity contribution in [2.75, 3.05) is 20.3 Å². The molecule has 1 fully saturated rings. The van der Waals surface area contributed by atoms with Gasteiger partial charge < -0.3 is 19.3 Å². The van der Waals surface area contributed by atoms with Gasteiger partial charge in [-0.2, -0.15) is 0 Å². The molecule has 1 aromatic carbocycles. The summed E-state index contributed by atoms with van der Waals surface area (Å²) in [7, 11) is 1.60. The van der Waals surface area contributed by atoms with Gasteiger partial charge in [-0.15, -0.1) is 0 Å². The van der Waals surface area contributed by atoms with Crippen molar-refractivity contribution in [3.05, 3.63) is 23.8 Å². The molecule has 94 valence electrons. The third-order valence-electron chi connectivity index (χ3n) is 2.79. The summed E-state index contributed by atoms with van der Waals surface area (Å²) < 4.78 is 15.9. The van der Waals surface area contributed by atoms with Crippen molar-refractivity contribution < 1.29 is 19.3 Å². The summed E-state index contributed by atoms with van der Waals surface area (Å²) >= 11 is 0. The number of aliphatic hydroxyl groups excluding tert-OH is 1. The molecule has 0 spiro atoms. The summed E-state index contributed by atoms with van der Waals surface area (Å²) in [6.45, 7) is 3.26. The SMILES string of the molecule is CC[C@@H](O)c1ccc(OC[C@@H]2CO2)c(OC)c1. The zero-order chi connectivity index (χ0) is 12.3. The van der Waals surface area contributed by atoms with Crippen LogP contribution in [0.1, 0.15) is 25.0 Å². The summed E-state index contributed by atoms with van der Waals surface area (Å²) in [6, 6.07) is 5.51. The molecule has 0 amide bonds. The van der Waals surface area contributed by atoms with Crippen LogP contribution in [-0.2, 0) is 4.74 Å². The highest BCUT2D eigenvalue weighted by molar-refractivity contribution is 5.43. The van der Waals surface area contributed by atoms with Crippen LogP contribution in [0.3, 0.4) is 0 Å². The van der Waals surface area contributed by atoms with Gasteiger partial charge in [-0.3, -0.25) is 0 Å². The number of methoxy groups -OCH3 is 1. The van der Waals surface area contributed by atoms with Crippen LogP contribution in [0.15, 0.2) is 18.2 Å². The van der Waals surface area contributed by atoms with Crippen LogP contribution in [0, 0.1) is 0 Å². The molecule has 1 saturated heterocycles. The lowest BCUT2D eigenvalue weighted by atomic mass is 10.1. The molecule has 0 saturated carbocycles. The van der Waals surface area contributed by atoms with Crippen molar-refractivity contribution in [1.29, 1.82) is 0 Å². The first-order chi connectivity index (χ1) is 8.24. The van der Waals surface area contributed by atoms with E-state index in [1.54, 1.807) is 7.11 Å². The summed E-state index contributed by atoms with van der Waals surface area (Å²) in [5, 5.41) is 9.75. The molecule has 2 rings (SSSR count). The Balaban J connectivity index is 2.09. The molecule has 1 aromatic rings. The molecule has 0 aromatic heterocycles. The van der Waals surface area contributed by atoms with Crippen LogP contribution in [0.25, 0.3) is 0 Å². The van der Waals surface area contributed by atoms with Gasteiger partial charge in [-0.05, 0) is 24.1 Å². The Hall–Kier alpha value is -1.26. The number of epoxide rings is 1. The smallest absolute Gasteiger partial charge is 0.161 e. The molecule has 0 radical (unpaired) electrons. The van der Waals surface area contributed by atoms with Gasteiger partial charge >= 0.3 is 0 Å². The Bertz CT molecular complexity index is 374. The van der Waals surface area contributed by atoms with Gasteiger partial charge in [0, 0.05) is 0 Å². The number of hydrogen-bond acceptors (Lipinski definition) is 4. The van der Waals surface area contributed by atoms with Gasteiger partial charge in [-0.1, -0.05) is 13.0 Å². The lowest BCUT2D eigenvalue weighted by Gasteiger charge is -2.13. The van der Waals surface area contributed by atoms with Gasteiger partial charge in [0.05, 0.1) is 19.8 Å². The van der Waals surface area contributed by atoms with Gasteiger partial charge in [-0.25, -0.2) is 0 Å². The average Bonchev–Trinajstić information content (AvgIpc) is 3.19. The minimum absolute atomic E-state index is 0.223. The van der Waals surface area contributed by atoms with Crippen molar-refractivity contribution >= 4 is 0 Å². The van der Waals surface area contributed by atoms with E-state index in [0.29, 0.717) is 24.5 Å². The fourth-order valence-electron chi connectivity index (χ4n) is 1.59. The van der Waals surface area contributed by atoms with Gasteiger partial charge in [0.25, 0.3) is 0 Å². The van der Waals surface area contributed by atoms with E-state index in [4.69, 9.17) is 14.2 Å². The fraction of sp³-hybridized carbons (Fsp3) is 0.538. The predicted octanol–water partition coefficient (Wildman–Crippen LogP) is 1.92. The molecule has 0 unspecified atom stereocenters. The zero-order valence-electron chi connectivity index (χ0n) is 10.2. The third-order valence-corrected chi connectivity index (χ3v) is 2.79. The van der Waals surface area contributed by atoms with Crippen molar-refractivity contribution in [2.24, 2.45) is 0 Å². The lowest BCUT2D eigenvalue weighted by Crippen LogP contribution is -2.05. The average molecular weight is 238 g/mol. The zero-order valence-corrected chi connectivity index (χ0v) is 10.2. The molecule has 2 atom stereocenters. The monoisotopic (exact) mass is 238 g/mol. The summed E-state index contributed by atoms with van der Waals surface area (Å²) in [4.78, 5) is 0. The van der Waals surface area contributed by atoms with Gasteiger partial charge in [0.1, 0.15) is 12.7 Å². The van der Waals surface area contributed by atoms with Crippen LogP contribution in [0.2, 0.25) is 0 Å². The van der Waals surface area contributed by atoms with E-state index < -0.39 is 6.10 Å². The Morgan fingerprint density at radius 3 is 2.82 bits per heavy atom. The van der Waals surface area contributed by atoms with Crippen LogP contribution in [-0.4, -0.2) is 31.5 Å². The van der Waals surface area contributed by atoms with Crippen molar-refractivity contribution in [1.82, 2.24) is 0 Å². The number of ether oxygens (including phenoxy) is 3. The maximum absolute atomic E-state index is 9.75. The van der Waals surface area contributed by atoms with Crippen LogP contribution >= 0.6 is 0 Å². The molecule has 4 nitrogen and oxygen atoms in total. The second-order valence-electron chi connectivity index (χ2n) is 4.10. The first-order valence-corrected chi connectivity index (χ1v) is 5.85. The maximum atomic E-state index is 9.75. The van der Waals surface area contributed by atoms with E-state index in [9.17, 15) is 5.11 Å². The molecule has 1 heterocycles. The molecule has 0 aliphatic carbocycles. The van der Waals surface area contributed by atoms with E-state index in [0.717, 1.165) is 12.2 Å². The Morgan fingerprint density at radius 1 is 1.47 bits per heavy atom. The second kappa shape index (κ2) is 5.38. The largest absolute Gasteiger partial charge is 0.493 e. The van der Waals surface area contributed by atoms with E-state index in [1.807, 2.05) is 25.1 Å². The summed E-state index contributed by atoms with van der Waals surface area (Å²) in [5.74, 6) is 1.34. The van der Waals surface area contributed by atoms with E-state index in [-0.39, 0.29) is 6.10 Å². The Kier molecular flexibility index (Phi) is 3.86. The number of hydrogen-bond donors (Lipinski definition) is 1. The normalized spacial score (nSPS) is 19.8. The first kappa shape index (κ1) is 12.2. The molecule has 1 aliphatic heterocycles. The maximum Gasteiger partial charge on any atom is 0.161 e. The third kappa shape index (κ3) is 3.11. The number of benzene rings is 1. The van der Waals surface area contributed by atoms with Crippen LogP contribution < -0.4 is 9.47 Å². The number of aliphatic hydroxyl groups is 1. The minimum atomic E-state index is -0.454. The molecule has 1 N–H and O–H groups in total. The predicted molar refractivity (Wildman–Crippen MR) is 63.5 cm³/mol. The Morgan fingerprint density at radius 2 is 2.24 bits per heavy atom. The molecule has 17 heavy (non-hydrogen) atoms. The minimum Gasteiger partial charge on any atom is -0.493 e. The van der Waals surface area contributed by atoms with Gasteiger partial charge in [0.2, 0.25) is 0 Å². The van der Waals surface area contributed by atoms with E-state index >= 15 is 0 Å². The topological polar surface area (TPSA) is 51.2 Å². The highest BCUT2D eigenvalue weighted by Crippen LogP contribution is 2.31. The fourth-order valence-corrected chi connectivity index (χ4v) is 1.59. The van der Waals surface area contributed by atoms with Crippen molar-refractivity contribution in [2.45, 2.75) is 25.6 Å².